The van der Waals surface area contributed by atoms with Crippen LogP contribution in [-0.4, -0.2) is 26.2 Å². The van der Waals surface area contributed by atoms with Crippen molar-refractivity contribution in [3.05, 3.63) is 41.7 Å². The standard InChI is InChI=1S/C15H15F2N3S/c16-10-6-11(7-10)21-15-18-14-12(17)8-13(20(14)19-15)9-4-2-1-3-5-9/h1-5,10-13H,6-8H2/t10-,11-,12-,13-/m0/s1. The Bertz CT molecular complexity index is 640. The molecular weight excluding hydrogens is 292 g/mol. The highest BCUT2D eigenvalue weighted by atomic mass is 32.2. The first-order chi connectivity index (χ1) is 10.2. The van der Waals surface area contributed by atoms with E-state index >= 15 is 0 Å². The van der Waals surface area contributed by atoms with Crippen molar-refractivity contribution in [2.45, 2.75) is 48.1 Å². The van der Waals surface area contributed by atoms with Crippen LogP contribution in [0, 0.1) is 0 Å². The lowest BCUT2D eigenvalue weighted by Crippen LogP contribution is -2.27. The first-order valence-electron chi connectivity index (χ1n) is 7.17. The molecule has 0 saturated heterocycles. The van der Waals surface area contributed by atoms with Crippen LogP contribution in [0.4, 0.5) is 8.78 Å². The van der Waals surface area contributed by atoms with Gasteiger partial charge >= 0.3 is 0 Å². The Morgan fingerprint density at radius 2 is 1.86 bits per heavy atom. The zero-order valence-corrected chi connectivity index (χ0v) is 12.1. The van der Waals surface area contributed by atoms with E-state index in [-0.39, 0.29) is 11.3 Å². The van der Waals surface area contributed by atoms with E-state index in [4.69, 9.17) is 0 Å². The predicted molar refractivity (Wildman–Crippen MR) is 76.8 cm³/mol. The van der Waals surface area contributed by atoms with Crippen molar-refractivity contribution in [2.24, 2.45) is 0 Å². The SMILES string of the molecule is F[C@H]1C[C@@H](c2ccccc2)n2nc(S[C@H]3C[C@H](F)C3)nc21. The zero-order chi connectivity index (χ0) is 14.4. The number of hydrogen-bond acceptors (Lipinski definition) is 3. The van der Waals surface area contributed by atoms with Gasteiger partial charge < -0.3 is 0 Å². The summed E-state index contributed by atoms with van der Waals surface area (Å²) in [5.41, 5.74) is 1.05. The molecule has 3 nitrogen and oxygen atoms in total. The van der Waals surface area contributed by atoms with Gasteiger partial charge in [-0.25, -0.2) is 18.4 Å². The van der Waals surface area contributed by atoms with Crippen LogP contribution in [-0.2, 0) is 0 Å². The second-order valence-electron chi connectivity index (χ2n) is 5.64. The number of benzene rings is 1. The van der Waals surface area contributed by atoms with Gasteiger partial charge in [0, 0.05) is 11.7 Å². The average molecular weight is 307 g/mol. The van der Waals surface area contributed by atoms with Gasteiger partial charge in [0.05, 0.1) is 6.04 Å². The molecule has 2 atom stereocenters. The molecule has 4 rings (SSSR count). The highest BCUT2D eigenvalue weighted by Crippen LogP contribution is 2.42. The van der Waals surface area contributed by atoms with Crippen LogP contribution in [0.15, 0.2) is 35.5 Å². The van der Waals surface area contributed by atoms with Gasteiger partial charge in [0.15, 0.2) is 12.0 Å². The maximum atomic E-state index is 14.2. The summed E-state index contributed by atoms with van der Waals surface area (Å²) < 4.78 is 28.7. The number of aromatic nitrogens is 3. The second-order valence-corrected chi connectivity index (χ2v) is 6.90. The Morgan fingerprint density at radius 1 is 1.10 bits per heavy atom. The van der Waals surface area contributed by atoms with Gasteiger partial charge in [-0.2, -0.15) is 0 Å². The lowest BCUT2D eigenvalue weighted by atomic mass is 9.97. The molecule has 1 aromatic carbocycles. The minimum atomic E-state index is -1.08. The zero-order valence-electron chi connectivity index (χ0n) is 11.3. The summed E-state index contributed by atoms with van der Waals surface area (Å²) in [7, 11) is 0. The molecule has 0 amide bonds. The molecule has 1 fully saturated rings. The van der Waals surface area contributed by atoms with Gasteiger partial charge in [0.1, 0.15) is 6.17 Å². The molecule has 1 aliphatic carbocycles. The molecule has 0 bridgehead atoms. The topological polar surface area (TPSA) is 30.7 Å². The normalized spacial score (nSPS) is 31.0. The van der Waals surface area contributed by atoms with Crippen LogP contribution in [0.5, 0.6) is 0 Å². The largest absolute Gasteiger partial charge is 0.247 e. The van der Waals surface area contributed by atoms with Gasteiger partial charge in [0.25, 0.3) is 0 Å². The fraction of sp³-hybridized carbons (Fsp3) is 0.467. The maximum absolute atomic E-state index is 14.2. The van der Waals surface area contributed by atoms with Gasteiger partial charge in [-0.05, 0) is 18.4 Å². The third-order valence-electron chi connectivity index (χ3n) is 4.14. The number of thioether (sulfide) groups is 1. The van der Waals surface area contributed by atoms with Crippen LogP contribution in [0.1, 0.15) is 42.9 Å². The summed E-state index contributed by atoms with van der Waals surface area (Å²) in [6, 6.07) is 9.72. The third kappa shape index (κ3) is 2.35. The summed E-state index contributed by atoms with van der Waals surface area (Å²) in [6.45, 7) is 0. The lowest BCUT2D eigenvalue weighted by molar-refractivity contribution is 0.219. The van der Waals surface area contributed by atoms with Crippen LogP contribution in [0.25, 0.3) is 0 Å². The van der Waals surface area contributed by atoms with Gasteiger partial charge in [-0.15, -0.1) is 5.10 Å². The molecule has 0 N–H and O–H groups in total. The van der Waals surface area contributed by atoms with Crippen molar-refractivity contribution in [3.8, 4) is 0 Å². The summed E-state index contributed by atoms with van der Waals surface area (Å²) in [5.74, 6) is 0.405. The van der Waals surface area contributed by atoms with E-state index in [0.29, 0.717) is 30.2 Å². The molecule has 110 valence electrons. The van der Waals surface area contributed by atoms with Crippen molar-refractivity contribution in [2.75, 3.05) is 0 Å². The van der Waals surface area contributed by atoms with E-state index in [2.05, 4.69) is 10.1 Å². The Labute approximate surface area is 125 Å². The molecule has 2 aromatic rings. The van der Waals surface area contributed by atoms with E-state index < -0.39 is 12.3 Å². The van der Waals surface area contributed by atoms with Gasteiger partial charge in [-0.1, -0.05) is 42.1 Å². The van der Waals surface area contributed by atoms with Crippen molar-refractivity contribution in [3.63, 3.8) is 0 Å². The van der Waals surface area contributed by atoms with E-state index in [1.54, 1.807) is 4.68 Å². The lowest BCUT2D eigenvalue weighted by Gasteiger charge is -2.27. The monoisotopic (exact) mass is 307 g/mol. The number of fused-ring (bicyclic) bond motifs is 1. The third-order valence-corrected chi connectivity index (χ3v) is 5.24. The molecule has 21 heavy (non-hydrogen) atoms. The van der Waals surface area contributed by atoms with E-state index in [1.807, 2.05) is 30.3 Å². The summed E-state index contributed by atoms with van der Waals surface area (Å²) in [5, 5.41) is 5.26. The fourth-order valence-corrected chi connectivity index (χ4v) is 4.10. The van der Waals surface area contributed by atoms with E-state index in [1.165, 1.54) is 11.8 Å². The molecule has 2 heterocycles. The Kier molecular flexibility index (Phi) is 3.21. The highest BCUT2D eigenvalue weighted by Gasteiger charge is 2.37. The minimum absolute atomic E-state index is 0.0895. The number of hydrogen-bond donors (Lipinski definition) is 0. The first-order valence-corrected chi connectivity index (χ1v) is 8.05. The average Bonchev–Trinajstić information content (AvgIpc) is 2.99. The van der Waals surface area contributed by atoms with E-state index in [9.17, 15) is 8.78 Å². The number of rotatable bonds is 3. The van der Waals surface area contributed by atoms with Crippen LogP contribution in [0.3, 0.4) is 0 Å². The summed E-state index contributed by atoms with van der Waals surface area (Å²) in [4.78, 5) is 4.31. The fourth-order valence-electron chi connectivity index (χ4n) is 2.91. The predicted octanol–water partition coefficient (Wildman–Crippen LogP) is 3.87. The number of halogens is 2. The van der Waals surface area contributed by atoms with Gasteiger partial charge in [-0.3, -0.25) is 0 Å². The summed E-state index contributed by atoms with van der Waals surface area (Å²) >= 11 is 1.47. The van der Waals surface area contributed by atoms with Crippen molar-refractivity contribution >= 4 is 11.8 Å². The molecule has 1 aromatic heterocycles. The Hall–Kier alpha value is -1.43. The molecular formula is C15H15F2N3S. The number of alkyl halides is 2. The maximum Gasteiger partial charge on any atom is 0.209 e. The summed E-state index contributed by atoms with van der Waals surface area (Å²) in [6.07, 6.45) is -0.276. The van der Waals surface area contributed by atoms with Gasteiger partial charge in [0.2, 0.25) is 5.16 Å². The van der Waals surface area contributed by atoms with E-state index in [0.717, 1.165) is 5.56 Å². The molecule has 0 unspecified atom stereocenters. The number of nitrogens with zero attached hydrogens (tertiary/aromatic N) is 3. The Morgan fingerprint density at radius 3 is 2.57 bits per heavy atom. The van der Waals surface area contributed by atoms with Crippen LogP contribution in [0.2, 0.25) is 0 Å². The van der Waals surface area contributed by atoms with Crippen molar-refractivity contribution < 1.29 is 8.78 Å². The van der Waals surface area contributed by atoms with Crippen molar-refractivity contribution in [1.82, 2.24) is 14.8 Å². The Balaban J connectivity index is 1.59. The molecule has 1 saturated carbocycles. The first kappa shape index (κ1) is 13.2. The molecule has 6 heteroatoms. The minimum Gasteiger partial charge on any atom is -0.247 e. The smallest absolute Gasteiger partial charge is 0.209 e. The quantitative estimate of drug-likeness (QED) is 0.862. The molecule has 0 spiro atoms. The molecule has 0 radical (unpaired) electrons. The second kappa shape index (κ2) is 5.09. The van der Waals surface area contributed by atoms with Crippen LogP contribution >= 0.6 is 11.8 Å². The molecule has 1 aliphatic heterocycles. The van der Waals surface area contributed by atoms with Crippen molar-refractivity contribution in [1.29, 1.82) is 0 Å². The van der Waals surface area contributed by atoms with Crippen LogP contribution < -0.4 is 0 Å². The highest BCUT2D eigenvalue weighted by molar-refractivity contribution is 7.99. The molecule has 2 aliphatic rings.